The van der Waals surface area contributed by atoms with Crippen molar-refractivity contribution in [2.24, 2.45) is 11.7 Å². The van der Waals surface area contributed by atoms with E-state index >= 15 is 4.39 Å². The minimum Gasteiger partial charge on any atom is -0.373 e. The fourth-order valence-electron chi connectivity index (χ4n) is 4.97. The van der Waals surface area contributed by atoms with Gasteiger partial charge in [-0.15, -0.1) is 0 Å². The van der Waals surface area contributed by atoms with E-state index in [0.29, 0.717) is 18.7 Å². The number of likely N-dealkylation sites (tertiary alicyclic amines) is 1. The minimum atomic E-state index is -4.37. The monoisotopic (exact) mass is 446 g/mol. The zero-order valence-corrected chi connectivity index (χ0v) is 17.3. The van der Waals surface area contributed by atoms with Gasteiger partial charge in [-0.1, -0.05) is 0 Å². The number of aromatic amines is 1. The van der Waals surface area contributed by atoms with Gasteiger partial charge in [-0.2, -0.15) is 13.2 Å². The van der Waals surface area contributed by atoms with Crippen LogP contribution in [0.4, 0.5) is 17.6 Å². The van der Waals surface area contributed by atoms with Crippen LogP contribution in [-0.4, -0.2) is 52.9 Å². The minimum absolute atomic E-state index is 0.0862. The molecule has 11 heteroatoms. The van der Waals surface area contributed by atoms with Gasteiger partial charge in [-0.05, 0) is 44.2 Å². The number of ether oxygens (including phenoxy) is 1. The Kier molecular flexibility index (Phi) is 5.63. The summed E-state index contributed by atoms with van der Waals surface area (Å²) in [6.07, 6.45) is -4.47. The second-order valence-corrected chi connectivity index (χ2v) is 8.72. The van der Waals surface area contributed by atoms with Crippen LogP contribution in [-0.2, 0) is 4.74 Å². The Morgan fingerprint density at radius 3 is 2.52 bits per heavy atom. The lowest BCUT2D eigenvalue weighted by Crippen LogP contribution is -2.47. The van der Waals surface area contributed by atoms with Crippen LogP contribution in [0.2, 0.25) is 0 Å². The van der Waals surface area contributed by atoms with Crippen molar-refractivity contribution >= 4 is 5.57 Å². The lowest BCUT2D eigenvalue weighted by atomic mass is 9.88. The molecule has 3 N–H and O–H groups in total. The SMILES string of the molecule is COC1c2c(c(=O)[nH]c(=O)n2C2CC2)C(C)=C(F)C1N1CCC(C(N)CC(F)(F)F)C1. The van der Waals surface area contributed by atoms with Crippen molar-refractivity contribution in [3.05, 3.63) is 37.9 Å². The summed E-state index contributed by atoms with van der Waals surface area (Å²) in [6.45, 7) is 2.00. The number of aromatic nitrogens is 2. The van der Waals surface area contributed by atoms with Crippen LogP contribution in [0.25, 0.3) is 5.57 Å². The summed E-state index contributed by atoms with van der Waals surface area (Å²) in [5.74, 6) is -1.02. The maximum atomic E-state index is 15.5. The Balaban J connectivity index is 1.71. The van der Waals surface area contributed by atoms with Gasteiger partial charge in [-0.3, -0.25) is 19.2 Å². The van der Waals surface area contributed by atoms with Crippen molar-refractivity contribution in [2.75, 3.05) is 20.2 Å². The third kappa shape index (κ3) is 3.98. The molecule has 2 aliphatic carbocycles. The first-order valence-electron chi connectivity index (χ1n) is 10.4. The molecule has 0 spiro atoms. The molecule has 2 fully saturated rings. The first-order chi connectivity index (χ1) is 14.5. The summed E-state index contributed by atoms with van der Waals surface area (Å²) in [5, 5.41) is 0. The van der Waals surface area contributed by atoms with Gasteiger partial charge in [0.05, 0.1) is 23.7 Å². The predicted molar refractivity (Wildman–Crippen MR) is 105 cm³/mol. The molecular formula is C20H26F4N4O3. The number of H-pyrrole nitrogens is 1. The molecule has 0 radical (unpaired) electrons. The highest BCUT2D eigenvalue weighted by Crippen LogP contribution is 2.45. The molecular weight excluding hydrogens is 420 g/mol. The smallest absolute Gasteiger partial charge is 0.373 e. The van der Waals surface area contributed by atoms with Crippen molar-refractivity contribution in [2.45, 2.75) is 63.0 Å². The van der Waals surface area contributed by atoms with Gasteiger partial charge in [0, 0.05) is 25.7 Å². The third-order valence-corrected chi connectivity index (χ3v) is 6.62. The van der Waals surface area contributed by atoms with Gasteiger partial charge in [0.15, 0.2) is 0 Å². The van der Waals surface area contributed by atoms with Crippen molar-refractivity contribution in [3.63, 3.8) is 0 Å². The van der Waals surface area contributed by atoms with Gasteiger partial charge < -0.3 is 10.5 Å². The molecule has 31 heavy (non-hydrogen) atoms. The van der Waals surface area contributed by atoms with E-state index in [2.05, 4.69) is 4.98 Å². The van der Waals surface area contributed by atoms with E-state index in [9.17, 15) is 22.8 Å². The summed E-state index contributed by atoms with van der Waals surface area (Å²) in [5.41, 5.74) is 5.12. The molecule has 1 aromatic heterocycles. The number of rotatable bonds is 5. The van der Waals surface area contributed by atoms with Gasteiger partial charge in [0.1, 0.15) is 11.9 Å². The lowest BCUT2D eigenvalue weighted by Gasteiger charge is -2.38. The summed E-state index contributed by atoms with van der Waals surface area (Å²) in [7, 11) is 1.38. The maximum absolute atomic E-state index is 15.5. The highest BCUT2D eigenvalue weighted by atomic mass is 19.4. The fraction of sp³-hybridized carbons (Fsp3) is 0.700. The van der Waals surface area contributed by atoms with E-state index in [1.807, 2.05) is 0 Å². The average Bonchev–Trinajstić information content (AvgIpc) is 3.37. The van der Waals surface area contributed by atoms with E-state index in [0.717, 1.165) is 12.8 Å². The number of hydrogen-bond acceptors (Lipinski definition) is 5. The Hall–Kier alpha value is -1.98. The van der Waals surface area contributed by atoms with Gasteiger partial charge in [0.25, 0.3) is 5.56 Å². The van der Waals surface area contributed by atoms with E-state index in [1.54, 1.807) is 4.90 Å². The van der Waals surface area contributed by atoms with Crippen molar-refractivity contribution in [1.29, 1.82) is 0 Å². The lowest BCUT2D eigenvalue weighted by molar-refractivity contribution is -0.140. The summed E-state index contributed by atoms with van der Waals surface area (Å²) in [4.78, 5) is 29.1. The molecule has 1 saturated heterocycles. The van der Waals surface area contributed by atoms with Crippen LogP contribution < -0.4 is 17.0 Å². The highest BCUT2D eigenvalue weighted by molar-refractivity contribution is 5.70. The Morgan fingerprint density at radius 1 is 1.26 bits per heavy atom. The number of nitrogens with two attached hydrogens (primary N) is 1. The maximum Gasteiger partial charge on any atom is 0.390 e. The Bertz CT molecular complexity index is 1010. The molecule has 7 nitrogen and oxygen atoms in total. The molecule has 172 valence electrons. The topological polar surface area (TPSA) is 93.3 Å². The highest BCUT2D eigenvalue weighted by Gasteiger charge is 2.46. The predicted octanol–water partition coefficient (Wildman–Crippen LogP) is 2.24. The number of allylic oxidation sites excluding steroid dienone is 1. The molecule has 1 saturated carbocycles. The number of alkyl halides is 3. The van der Waals surface area contributed by atoms with Crippen molar-refractivity contribution < 1.29 is 22.3 Å². The molecule has 4 atom stereocenters. The molecule has 4 unspecified atom stereocenters. The van der Waals surface area contributed by atoms with Crippen LogP contribution in [0.5, 0.6) is 0 Å². The van der Waals surface area contributed by atoms with Crippen LogP contribution in [0.1, 0.15) is 56.0 Å². The average molecular weight is 446 g/mol. The normalized spacial score (nSPS) is 28.2. The summed E-state index contributed by atoms with van der Waals surface area (Å²) >= 11 is 0. The van der Waals surface area contributed by atoms with Crippen molar-refractivity contribution in [1.82, 2.24) is 14.5 Å². The van der Waals surface area contributed by atoms with Crippen molar-refractivity contribution in [3.8, 4) is 0 Å². The van der Waals surface area contributed by atoms with Crippen LogP contribution in [0.3, 0.4) is 0 Å². The van der Waals surface area contributed by atoms with E-state index < -0.39 is 53.8 Å². The van der Waals surface area contributed by atoms with E-state index in [4.69, 9.17) is 10.5 Å². The van der Waals surface area contributed by atoms with Gasteiger partial charge in [0.2, 0.25) is 0 Å². The van der Waals surface area contributed by atoms with Crippen LogP contribution in [0, 0.1) is 5.92 Å². The zero-order valence-electron chi connectivity index (χ0n) is 17.3. The number of nitrogens with zero attached hydrogens (tertiary/aromatic N) is 2. The number of methoxy groups -OCH3 is 1. The molecule has 3 aliphatic rings. The second kappa shape index (κ2) is 7.86. The van der Waals surface area contributed by atoms with Crippen LogP contribution in [0.15, 0.2) is 15.4 Å². The number of halogens is 4. The molecule has 0 amide bonds. The van der Waals surface area contributed by atoms with Crippen LogP contribution >= 0.6 is 0 Å². The third-order valence-electron chi connectivity index (χ3n) is 6.62. The van der Waals surface area contributed by atoms with E-state index in [1.165, 1.54) is 18.6 Å². The molecule has 1 aliphatic heterocycles. The molecule has 1 aromatic rings. The number of hydrogen-bond donors (Lipinski definition) is 2. The molecule has 0 bridgehead atoms. The fourth-order valence-corrected chi connectivity index (χ4v) is 4.97. The molecule has 2 heterocycles. The van der Waals surface area contributed by atoms with Gasteiger partial charge >= 0.3 is 11.9 Å². The molecule has 0 aromatic carbocycles. The first-order valence-corrected chi connectivity index (χ1v) is 10.4. The second-order valence-electron chi connectivity index (χ2n) is 8.72. The van der Waals surface area contributed by atoms with Gasteiger partial charge in [-0.25, -0.2) is 9.18 Å². The Morgan fingerprint density at radius 2 is 1.94 bits per heavy atom. The molecule has 4 rings (SSSR count). The number of nitrogens with one attached hydrogen (secondary N) is 1. The largest absolute Gasteiger partial charge is 0.390 e. The summed E-state index contributed by atoms with van der Waals surface area (Å²) < 4.78 is 60.9. The van der Waals surface area contributed by atoms with E-state index in [-0.39, 0.29) is 23.7 Å². The quantitative estimate of drug-likeness (QED) is 0.677. The zero-order chi connectivity index (χ0) is 22.7. The number of fused-ring (bicyclic) bond motifs is 1. The Labute approximate surface area is 175 Å². The summed E-state index contributed by atoms with van der Waals surface area (Å²) in [6, 6.07) is -2.11. The first kappa shape index (κ1) is 22.2. The standard InChI is InChI=1S/C20H26F4N4O3/c1-9-13-15(28(11-3-4-11)19(30)26-18(13)29)17(31-2)16(14(9)21)27-6-5-10(8-27)12(25)7-20(22,23)24/h10-12,16-17H,3-8,25H2,1-2H3,(H,26,29,30).